The number of ether oxygens (including phenoxy) is 3. The average molecular weight is 410 g/mol. The van der Waals surface area contributed by atoms with Gasteiger partial charge >= 0.3 is 0 Å². The topological polar surface area (TPSA) is 77.1 Å². The molecule has 0 atom stereocenters. The van der Waals surface area contributed by atoms with E-state index in [0.29, 0.717) is 56.0 Å². The van der Waals surface area contributed by atoms with Crippen LogP contribution in [0.25, 0.3) is 0 Å². The van der Waals surface area contributed by atoms with Gasteiger partial charge in [-0.25, -0.2) is 0 Å². The van der Waals surface area contributed by atoms with E-state index in [1.165, 1.54) is 0 Å². The minimum Gasteiger partial charge on any atom is -0.497 e. The van der Waals surface area contributed by atoms with Crippen LogP contribution < -0.4 is 19.5 Å². The number of carbonyl (C=O) groups is 2. The molecule has 2 heterocycles. The highest BCUT2D eigenvalue weighted by Crippen LogP contribution is 2.35. The largest absolute Gasteiger partial charge is 0.497 e. The number of nitrogens with one attached hydrogen (secondary N) is 1. The van der Waals surface area contributed by atoms with Gasteiger partial charge in [-0.3, -0.25) is 9.59 Å². The minimum atomic E-state index is -0.533. The van der Waals surface area contributed by atoms with E-state index < -0.39 is 5.60 Å². The molecular formula is C23H26N2O5. The van der Waals surface area contributed by atoms with Gasteiger partial charge in [-0.2, -0.15) is 0 Å². The van der Waals surface area contributed by atoms with Crippen molar-refractivity contribution in [1.82, 2.24) is 10.2 Å². The molecule has 1 spiro atoms. The molecule has 2 aromatic carbocycles. The lowest BCUT2D eigenvalue weighted by Gasteiger charge is -2.41. The molecule has 7 nitrogen and oxygen atoms in total. The predicted molar refractivity (Wildman–Crippen MR) is 111 cm³/mol. The van der Waals surface area contributed by atoms with Crippen LogP contribution in [0.1, 0.15) is 28.8 Å². The lowest BCUT2D eigenvalue weighted by atomic mass is 9.90. The number of nitrogens with zero attached hydrogens (tertiary/aromatic N) is 1. The van der Waals surface area contributed by atoms with Crippen molar-refractivity contribution in [2.45, 2.75) is 24.9 Å². The van der Waals surface area contributed by atoms with Crippen molar-refractivity contribution in [2.24, 2.45) is 0 Å². The maximum absolute atomic E-state index is 12.9. The number of benzene rings is 2. The normalized spacial score (nSPS) is 17.4. The second kappa shape index (κ2) is 8.26. The molecule has 1 fully saturated rings. The first kappa shape index (κ1) is 20.1. The highest BCUT2D eigenvalue weighted by Gasteiger charge is 2.41. The second-order valence-corrected chi connectivity index (χ2v) is 7.70. The van der Waals surface area contributed by atoms with Gasteiger partial charge in [-0.1, -0.05) is 18.2 Å². The summed E-state index contributed by atoms with van der Waals surface area (Å²) in [5.74, 6) is 1.80. The predicted octanol–water partition coefficient (Wildman–Crippen LogP) is 2.43. The zero-order valence-corrected chi connectivity index (χ0v) is 17.3. The third kappa shape index (κ3) is 3.92. The monoisotopic (exact) mass is 410 g/mol. The fourth-order valence-corrected chi connectivity index (χ4v) is 4.07. The van der Waals surface area contributed by atoms with Crippen molar-refractivity contribution >= 4 is 11.8 Å². The van der Waals surface area contributed by atoms with Gasteiger partial charge in [-0.15, -0.1) is 0 Å². The van der Waals surface area contributed by atoms with Crippen LogP contribution >= 0.6 is 0 Å². The summed E-state index contributed by atoms with van der Waals surface area (Å²) in [5, 5.41) is 2.97. The van der Waals surface area contributed by atoms with Crippen LogP contribution in [0.5, 0.6) is 17.2 Å². The maximum atomic E-state index is 12.9. The molecule has 0 bridgehead atoms. The van der Waals surface area contributed by atoms with Gasteiger partial charge in [0.15, 0.2) is 0 Å². The van der Waals surface area contributed by atoms with Crippen molar-refractivity contribution in [3.8, 4) is 17.2 Å². The lowest BCUT2D eigenvalue weighted by Crippen LogP contribution is -2.54. The van der Waals surface area contributed by atoms with E-state index in [2.05, 4.69) is 5.32 Å². The third-order valence-electron chi connectivity index (χ3n) is 5.89. The number of para-hydroxylation sites is 1. The molecule has 30 heavy (non-hydrogen) atoms. The number of fused-ring (bicyclic) bond motifs is 1. The highest BCUT2D eigenvalue weighted by molar-refractivity contribution is 5.97. The first-order valence-electron chi connectivity index (χ1n) is 10.1. The van der Waals surface area contributed by atoms with E-state index in [0.717, 1.165) is 11.3 Å². The Morgan fingerprint density at radius 1 is 1.13 bits per heavy atom. The van der Waals surface area contributed by atoms with Crippen LogP contribution in [-0.2, 0) is 11.2 Å². The Hall–Kier alpha value is -3.22. The molecular weight excluding hydrogens is 384 g/mol. The molecule has 2 aliphatic heterocycles. The first-order chi connectivity index (χ1) is 14.5. The fourth-order valence-electron chi connectivity index (χ4n) is 4.07. The number of carbonyl (C=O) groups excluding carboxylic acids is 2. The molecule has 0 aliphatic carbocycles. The summed E-state index contributed by atoms with van der Waals surface area (Å²) in [6, 6.07) is 12.8. The van der Waals surface area contributed by atoms with Crippen molar-refractivity contribution in [1.29, 1.82) is 0 Å². The van der Waals surface area contributed by atoms with E-state index in [4.69, 9.17) is 14.2 Å². The van der Waals surface area contributed by atoms with Crippen molar-refractivity contribution in [2.75, 3.05) is 33.9 Å². The highest BCUT2D eigenvalue weighted by atomic mass is 16.5. The van der Waals surface area contributed by atoms with Gasteiger partial charge in [0.1, 0.15) is 22.8 Å². The molecule has 2 aliphatic rings. The van der Waals surface area contributed by atoms with Crippen LogP contribution in [0.3, 0.4) is 0 Å². The van der Waals surface area contributed by atoms with E-state index >= 15 is 0 Å². The van der Waals surface area contributed by atoms with E-state index in [9.17, 15) is 9.59 Å². The van der Waals surface area contributed by atoms with Gasteiger partial charge in [0.2, 0.25) is 5.91 Å². The molecule has 158 valence electrons. The number of amides is 2. The molecule has 0 unspecified atom stereocenters. The molecule has 2 amide bonds. The summed E-state index contributed by atoms with van der Waals surface area (Å²) in [4.78, 5) is 27.2. The smallest absolute Gasteiger partial charge is 0.255 e. The number of methoxy groups -OCH3 is 2. The zero-order chi connectivity index (χ0) is 21.1. The standard InChI is InChI=1S/C23H26N2O5/c1-28-17-7-8-18-20(14-17)30-23(15-24-22(18)27)9-11-25(12-10-23)21(26)13-16-5-3-4-6-19(16)29-2/h3-8,14H,9-13,15H2,1-2H3,(H,24,27). The van der Waals surface area contributed by atoms with Crippen molar-refractivity contribution in [3.63, 3.8) is 0 Å². The van der Waals surface area contributed by atoms with Crippen LogP contribution in [0.4, 0.5) is 0 Å². The van der Waals surface area contributed by atoms with E-state index in [-0.39, 0.29) is 11.8 Å². The Labute approximate surface area is 175 Å². The number of hydrogen-bond acceptors (Lipinski definition) is 5. The molecule has 0 saturated carbocycles. The number of likely N-dealkylation sites (tertiary alicyclic amines) is 1. The van der Waals surface area contributed by atoms with E-state index in [1.807, 2.05) is 29.2 Å². The molecule has 4 rings (SSSR count). The van der Waals surface area contributed by atoms with Gasteiger partial charge in [0.05, 0.1) is 32.7 Å². The SMILES string of the molecule is COc1ccc2c(c1)OC1(CCN(C(=O)Cc3ccccc3OC)CC1)CNC2=O. The molecule has 0 aromatic heterocycles. The van der Waals surface area contributed by atoms with Gasteiger partial charge in [0, 0.05) is 37.6 Å². The van der Waals surface area contributed by atoms with Gasteiger partial charge in [-0.05, 0) is 18.2 Å². The summed E-state index contributed by atoms with van der Waals surface area (Å²) >= 11 is 0. The summed E-state index contributed by atoms with van der Waals surface area (Å²) in [5.41, 5.74) is 0.848. The summed E-state index contributed by atoms with van der Waals surface area (Å²) in [7, 11) is 3.19. The quantitative estimate of drug-likeness (QED) is 0.838. The van der Waals surface area contributed by atoms with E-state index in [1.54, 1.807) is 32.4 Å². The Morgan fingerprint density at radius 3 is 2.63 bits per heavy atom. The Balaban J connectivity index is 1.45. The van der Waals surface area contributed by atoms with Crippen molar-refractivity contribution in [3.05, 3.63) is 53.6 Å². The van der Waals surface area contributed by atoms with Crippen LogP contribution in [0, 0.1) is 0 Å². The summed E-state index contributed by atoms with van der Waals surface area (Å²) in [6.07, 6.45) is 1.58. The first-order valence-corrected chi connectivity index (χ1v) is 10.1. The Bertz CT molecular complexity index is 950. The van der Waals surface area contributed by atoms with Crippen molar-refractivity contribution < 1.29 is 23.8 Å². The average Bonchev–Trinajstić information content (AvgIpc) is 2.90. The molecule has 0 radical (unpaired) electrons. The summed E-state index contributed by atoms with van der Waals surface area (Å²) < 4.78 is 17.0. The number of rotatable bonds is 4. The third-order valence-corrected chi connectivity index (χ3v) is 5.89. The Kier molecular flexibility index (Phi) is 5.53. The lowest BCUT2D eigenvalue weighted by molar-refractivity contribution is -0.133. The van der Waals surface area contributed by atoms with Crippen LogP contribution in [0.2, 0.25) is 0 Å². The zero-order valence-electron chi connectivity index (χ0n) is 17.3. The molecule has 2 aromatic rings. The Morgan fingerprint density at radius 2 is 1.90 bits per heavy atom. The van der Waals surface area contributed by atoms with Crippen LogP contribution in [-0.4, -0.2) is 56.2 Å². The number of hydrogen-bond donors (Lipinski definition) is 1. The van der Waals surface area contributed by atoms with Crippen LogP contribution in [0.15, 0.2) is 42.5 Å². The number of piperidine rings is 1. The maximum Gasteiger partial charge on any atom is 0.255 e. The van der Waals surface area contributed by atoms with Gasteiger partial charge in [0.25, 0.3) is 5.91 Å². The summed E-state index contributed by atoms with van der Waals surface area (Å²) in [6.45, 7) is 1.56. The van der Waals surface area contributed by atoms with Gasteiger partial charge < -0.3 is 24.4 Å². The second-order valence-electron chi connectivity index (χ2n) is 7.70. The fraction of sp³-hybridized carbons (Fsp3) is 0.391. The minimum absolute atomic E-state index is 0.0640. The molecule has 1 N–H and O–H groups in total. The molecule has 1 saturated heterocycles. The molecule has 7 heteroatoms.